The number of carbonyl (C=O) groups excluding carboxylic acids is 2. The van der Waals surface area contributed by atoms with E-state index in [1.165, 1.54) is 0 Å². The number of hydrogen-bond acceptors (Lipinski definition) is 2. The predicted molar refractivity (Wildman–Crippen MR) is 73.5 cm³/mol. The second-order valence-electron chi connectivity index (χ2n) is 5.38. The fourth-order valence-corrected chi connectivity index (χ4v) is 2.67. The van der Waals surface area contributed by atoms with Gasteiger partial charge >= 0.3 is 0 Å². The van der Waals surface area contributed by atoms with Gasteiger partial charge in [-0.1, -0.05) is 51.1 Å². The highest BCUT2D eigenvalue weighted by Gasteiger charge is 2.38. The summed E-state index contributed by atoms with van der Waals surface area (Å²) in [6.45, 7) is 7.64. The first-order chi connectivity index (χ1) is 8.45. The normalized spacial score (nSPS) is 14.9. The van der Waals surface area contributed by atoms with Gasteiger partial charge in [-0.2, -0.15) is 0 Å². The molecular weight excluding hydrogens is 224 g/mol. The van der Waals surface area contributed by atoms with Crippen LogP contribution in [0.25, 0.3) is 0 Å². The van der Waals surface area contributed by atoms with Gasteiger partial charge in [-0.15, -0.1) is 0 Å². The molecule has 0 aromatic heterocycles. The van der Waals surface area contributed by atoms with Crippen molar-refractivity contribution in [1.82, 2.24) is 0 Å². The Labute approximate surface area is 109 Å². The SMILES string of the molecule is CCC(c1ccccc1)C(C)(C)C(=O)C(C)C=O. The molecule has 0 bridgehead atoms. The average Bonchev–Trinajstić information content (AvgIpc) is 2.38. The maximum Gasteiger partial charge on any atom is 0.148 e. The van der Waals surface area contributed by atoms with E-state index in [2.05, 4.69) is 19.1 Å². The van der Waals surface area contributed by atoms with Crippen LogP contribution < -0.4 is 0 Å². The molecule has 1 aromatic carbocycles. The smallest absolute Gasteiger partial charge is 0.148 e. The number of aldehydes is 1. The molecule has 0 saturated heterocycles. The lowest BCUT2D eigenvalue weighted by Gasteiger charge is -2.34. The van der Waals surface area contributed by atoms with E-state index in [-0.39, 0.29) is 11.7 Å². The van der Waals surface area contributed by atoms with Gasteiger partial charge in [0.15, 0.2) is 0 Å². The Morgan fingerprint density at radius 1 is 1.28 bits per heavy atom. The first-order valence-electron chi connectivity index (χ1n) is 6.49. The minimum Gasteiger partial charge on any atom is -0.303 e. The van der Waals surface area contributed by atoms with E-state index in [9.17, 15) is 9.59 Å². The Balaban J connectivity index is 3.08. The molecule has 0 aliphatic rings. The second kappa shape index (κ2) is 5.94. The van der Waals surface area contributed by atoms with Crippen LogP contribution in [0.5, 0.6) is 0 Å². The number of hydrogen-bond donors (Lipinski definition) is 0. The fraction of sp³-hybridized carbons (Fsp3) is 0.500. The van der Waals surface area contributed by atoms with Crippen LogP contribution in [0.3, 0.4) is 0 Å². The lowest BCUT2D eigenvalue weighted by atomic mass is 9.68. The van der Waals surface area contributed by atoms with Gasteiger partial charge in [-0.25, -0.2) is 0 Å². The van der Waals surface area contributed by atoms with E-state index in [0.29, 0.717) is 0 Å². The molecule has 0 fully saturated rings. The molecular formula is C16H22O2. The van der Waals surface area contributed by atoms with Gasteiger partial charge in [0.1, 0.15) is 12.1 Å². The standard InChI is InChI=1S/C16H22O2/c1-5-14(13-9-7-6-8-10-13)16(3,4)15(18)12(2)11-17/h6-12,14H,5H2,1-4H3. The highest BCUT2D eigenvalue weighted by molar-refractivity contribution is 5.96. The molecule has 2 unspecified atom stereocenters. The molecule has 0 heterocycles. The Hall–Kier alpha value is -1.44. The van der Waals surface area contributed by atoms with Crippen LogP contribution in [0.1, 0.15) is 45.6 Å². The molecule has 0 aliphatic heterocycles. The van der Waals surface area contributed by atoms with Crippen molar-refractivity contribution in [2.75, 3.05) is 0 Å². The summed E-state index contributed by atoms with van der Waals surface area (Å²) >= 11 is 0. The first-order valence-corrected chi connectivity index (χ1v) is 6.49. The molecule has 0 N–H and O–H groups in total. The molecule has 0 saturated carbocycles. The van der Waals surface area contributed by atoms with Crippen molar-refractivity contribution in [3.05, 3.63) is 35.9 Å². The molecule has 98 valence electrons. The number of benzene rings is 1. The van der Waals surface area contributed by atoms with E-state index in [1.807, 2.05) is 32.0 Å². The summed E-state index contributed by atoms with van der Waals surface area (Å²) in [5.41, 5.74) is 0.646. The van der Waals surface area contributed by atoms with Crippen LogP contribution in [0.2, 0.25) is 0 Å². The van der Waals surface area contributed by atoms with E-state index >= 15 is 0 Å². The molecule has 1 rings (SSSR count). The van der Waals surface area contributed by atoms with Crippen LogP contribution in [-0.2, 0) is 9.59 Å². The van der Waals surface area contributed by atoms with Gasteiger partial charge in [0.05, 0.1) is 5.92 Å². The van der Waals surface area contributed by atoms with Crippen molar-refractivity contribution in [3.8, 4) is 0 Å². The summed E-state index contributed by atoms with van der Waals surface area (Å²) in [4.78, 5) is 23.2. The number of ketones is 1. The molecule has 2 nitrogen and oxygen atoms in total. The van der Waals surface area contributed by atoms with Crippen LogP contribution >= 0.6 is 0 Å². The zero-order valence-electron chi connectivity index (χ0n) is 11.6. The molecule has 0 radical (unpaired) electrons. The van der Waals surface area contributed by atoms with Gasteiger partial charge in [-0.3, -0.25) is 4.79 Å². The zero-order valence-corrected chi connectivity index (χ0v) is 11.6. The minimum atomic E-state index is -0.530. The molecule has 0 aliphatic carbocycles. The highest BCUT2D eigenvalue weighted by atomic mass is 16.1. The van der Waals surface area contributed by atoms with Crippen molar-refractivity contribution in [2.24, 2.45) is 11.3 Å². The third kappa shape index (κ3) is 2.87. The van der Waals surface area contributed by atoms with Crippen LogP contribution in [0.4, 0.5) is 0 Å². The molecule has 2 atom stereocenters. The fourth-order valence-electron chi connectivity index (χ4n) is 2.67. The van der Waals surface area contributed by atoms with Crippen LogP contribution in [-0.4, -0.2) is 12.1 Å². The van der Waals surface area contributed by atoms with Gasteiger partial charge in [0.25, 0.3) is 0 Å². The lowest BCUT2D eigenvalue weighted by Crippen LogP contribution is -2.35. The van der Waals surface area contributed by atoms with Gasteiger partial charge in [-0.05, 0) is 24.8 Å². The summed E-state index contributed by atoms with van der Waals surface area (Å²) < 4.78 is 0. The summed E-state index contributed by atoms with van der Waals surface area (Å²) in [5, 5.41) is 0. The third-order valence-electron chi connectivity index (χ3n) is 3.73. The third-order valence-corrected chi connectivity index (χ3v) is 3.73. The number of rotatable bonds is 6. The van der Waals surface area contributed by atoms with Gasteiger partial charge in [0, 0.05) is 5.41 Å². The van der Waals surface area contributed by atoms with E-state index in [1.54, 1.807) is 6.92 Å². The van der Waals surface area contributed by atoms with Crippen molar-refractivity contribution >= 4 is 12.1 Å². The summed E-state index contributed by atoms with van der Waals surface area (Å²) in [6.07, 6.45) is 1.62. The molecule has 18 heavy (non-hydrogen) atoms. The van der Waals surface area contributed by atoms with Crippen molar-refractivity contribution in [2.45, 2.75) is 40.0 Å². The van der Waals surface area contributed by atoms with Crippen LogP contribution in [0.15, 0.2) is 30.3 Å². The number of Topliss-reactive ketones (excluding diaryl/α,β-unsaturated/α-hetero) is 1. The summed E-state index contributed by atoms with van der Waals surface area (Å²) in [5.74, 6) is -0.362. The molecule has 0 amide bonds. The quantitative estimate of drug-likeness (QED) is 0.567. The largest absolute Gasteiger partial charge is 0.303 e. The highest BCUT2D eigenvalue weighted by Crippen LogP contribution is 2.40. The average molecular weight is 246 g/mol. The maximum atomic E-state index is 12.3. The predicted octanol–water partition coefficient (Wildman–Crippen LogP) is 3.61. The molecule has 0 spiro atoms. The molecule has 2 heteroatoms. The lowest BCUT2D eigenvalue weighted by molar-refractivity contribution is -0.134. The van der Waals surface area contributed by atoms with E-state index < -0.39 is 11.3 Å². The van der Waals surface area contributed by atoms with Gasteiger partial charge in [0.2, 0.25) is 0 Å². The maximum absolute atomic E-state index is 12.3. The monoisotopic (exact) mass is 246 g/mol. The zero-order chi connectivity index (χ0) is 13.8. The topological polar surface area (TPSA) is 34.1 Å². The summed E-state index contributed by atoms with van der Waals surface area (Å²) in [7, 11) is 0. The number of carbonyl (C=O) groups is 2. The van der Waals surface area contributed by atoms with Crippen molar-refractivity contribution in [1.29, 1.82) is 0 Å². The van der Waals surface area contributed by atoms with E-state index in [4.69, 9.17) is 0 Å². The molecule has 1 aromatic rings. The van der Waals surface area contributed by atoms with Crippen molar-refractivity contribution in [3.63, 3.8) is 0 Å². The van der Waals surface area contributed by atoms with Gasteiger partial charge < -0.3 is 4.79 Å². The van der Waals surface area contributed by atoms with E-state index in [0.717, 1.165) is 18.3 Å². The van der Waals surface area contributed by atoms with Crippen molar-refractivity contribution < 1.29 is 9.59 Å². The Morgan fingerprint density at radius 2 is 1.83 bits per heavy atom. The Morgan fingerprint density at radius 3 is 2.28 bits per heavy atom. The Bertz CT molecular complexity index is 406. The second-order valence-corrected chi connectivity index (χ2v) is 5.38. The summed E-state index contributed by atoms with van der Waals surface area (Å²) in [6, 6.07) is 10.0. The Kier molecular flexibility index (Phi) is 4.83. The van der Waals surface area contributed by atoms with Crippen LogP contribution in [0, 0.1) is 11.3 Å². The minimum absolute atomic E-state index is 0.0215. The first kappa shape index (κ1) is 14.6.